The Hall–Kier alpha value is -2.56. The molecule has 0 unspecified atom stereocenters. The van der Waals surface area contributed by atoms with Crippen LogP contribution in [0.3, 0.4) is 0 Å². The molecule has 5 nitrogen and oxygen atoms in total. The van der Waals surface area contributed by atoms with E-state index in [1.54, 1.807) is 11.0 Å². The molecule has 1 fully saturated rings. The summed E-state index contributed by atoms with van der Waals surface area (Å²) in [6, 6.07) is 2.39. The first-order valence-electron chi connectivity index (χ1n) is 6.55. The summed E-state index contributed by atoms with van der Waals surface area (Å²) in [6.45, 7) is 2.39. The zero-order valence-electron chi connectivity index (χ0n) is 11.8. The first-order valence-corrected chi connectivity index (χ1v) is 6.55. The number of hydrogen-bond donors (Lipinski definition) is 2. The van der Waals surface area contributed by atoms with Crippen LogP contribution in [0.4, 0.5) is 19.0 Å². The Labute approximate surface area is 126 Å². The Kier molecular flexibility index (Phi) is 4.08. The number of pyridine rings is 1. The average Bonchev–Trinajstić information content (AvgIpc) is 2.45. The fourth-order valence-corrected chi connectivity index (χ4v) is 2.26. The van der Waals surface area contributed by atoms with Crippen molar-refractivity contribution < 1.29 is 14.6 Å². The number of aromatic nitrogens is 1. The monoisotopic (exact) mass is 311 g/mol. The number of nitrogens with two attached hydrogens (primary N) is 1. The quantitative estimate of drug-likeness (QED) is 0.840. The maximum atomic E-state index is 13.2. The van der Waals surface area contributed by atoms with Gasteiger partial charge in [-0.05, 0) is 19.4 Å². The van der Waals surface area contributed by atoms with E-state index in [1.165, 1.54) is 0 Å². The number of anilines is 1. The molecule has 3 N–H and O–H groups in total. The maximum absolute atomic E-state index is 13.2. The molecule has 1 saturated heterocycles. The second kappa shape index (κ2) is 5.67. The van der Waals surface area contributed by atoms with Crippen molar-refractivity contribution in [1.29, 1.82) is 10.7 Å². The van der Waals surface area contributed by atoms with E-state index in [1.807, 2.05) is 6.92 Å². The highest BCUT2D eigenvalue weighted by molar-refractivity contribution is 6.07. The van der Waals surface area contributed by atoms with Crippen molar-refractivity contribution in [3.63, 3.8) is 0 Å². The number of hydrogen-bond acceptors (Lipinski definition) is 5. The van der Waals surface area contributed by atoms with Crippen LogP contribution < -0.4 is 10.6 Å². The highest BCUT2D eigenvalue weighted by Crippen LogP contribution is 2.38. The third-order valence-electron chi connectivity index (χ3n) is 3.64. The molecule has 118 valence electrons. The van der Waals surface area contributed by atoms with Crippen molar-refractivity contribution in [3.05, 3.63) is 29.1 Å². The molecule has 2 rings (SSSR count). The predicted octanol–water partition coefficient (Wildman–Crippen LogP) is 2.77. The van der Waals surface area contributed by atoms with Gasteiger partial charge in [-0.1, -0.05) is 0 Å². The zero-order valence-corrected chi connectivity index (χ0v) is 11.8. The second-order valence-electron chi connectivity index (χ2n) is 4.96. The third-order valence-corrected chi connectivity index (χ3v) is 3.64. The van der Waals surface area contributed by atoms with E-state index in [9.17, 15) is 13.2 Å². The highest BCUT2D eigenvalue weighted by Gasteiger charge is 2.38. The maximum Gasteiger partial charge on any atom is 0.417 e. The summed E-state index contributed by atoms with van der Waals surface area (Å²) in [5.41, 5.74) is 3.76. The number of halogens is 3. The van der Waals surface area contributed by atoms with Crippen LogP contribution in [0.5, 0.6) is 0 Å². The molecule has 0 saturated carbocycles. The van der Waals surface area contributed by atoms with Gasteiger partial charge in [0.2, 0.25) is 0 Å². The minimum Gasteiger partial charge on any atom is -0.404 e. The van der Waals surface area contributed by atoms with Gasteiger partial charge >= 0.3 is 6.18 Å². The molecule has 0 aromatic carbocycles. The van der Waals surface area contributed by atoms with E-state index in [-0.39, 0.29) is 24.6 Å². The van der Waals surface area contributed by atoms with Gasteiger partial charge < -0.3 is 16.0 Å². The highest BCUT2D eigenvalue weighted by atomic mass is 19.4. The SMILES string of the molecule is C[C@H]1CCN1c1nc(/C(C=N)=C/N)cc(C(F)(F)F)c1C#N.[HH]. The molecule has 0 bridgehead atoms. The first kappa shape index (κ1) is 15.8. The topological polar surface area (TPSA) is 89.8 Å². The first-order chi connectivity index (χ1) is 10.3. The molecule has 0 aliphatic carbocycles. The van der Waals surface area contributed by atoms with Crippen molar-refractivity contribution in [2.24, 2.45) is 5.73 Å². The second-order valence-corrected chi connectivity index (χ2v) is 4.96. The normalized spacial score (nSPS) is 18.6. The van der Waals surface area contributed by atoms with Crippen LogP contribution >= 0.6 is 0 Å². The number of allylic oxidation sites excluding steroid dienone is 1. The van der Waals surface area contributed by atoms with Crippen molar-refractivity contribution in [2.75, 3.05) is 11.4 Å². The smallest absolute Gasteiger partial charge is 0.404 e. The molecule has 0 radical (unpaired) electrons. The molecule has 1 aromatic heterocycles. The number of rotatable bonds is 3. The molecular formula is C14H16F3N5. The molecule has 22 heavy (non-hydrogen) atoms. The van der Waals surface area contributed by atoms with Gasteiger partial charge in [-0.2, -0.15) is 18.4 Å². The van der Waals surface area contributed by atoms with Crippen molar-refractivity contribution in [1.82, 2.24) is 4.98 Å². The Morgan fingerprint density at radius 1 is 1.64 bits per heavy atom. The minimum absolute atomic E-state index is 0. The molecule has 0 amide bonds. The third kappa shape index (κ3) is 2.62. The van der Waals surface area contributed by atoms with Gasteiger partial charge in [0.05, 0.1) is 11.3 Å². The number of alkyl halides is 3. The van der Waals surface area contributed by atoms with Crippen molar-refractivity contribution in [3.8, 4) is 6.07 Å². The van der Waals surface area contributed by atoms with Crippen LogP contribution in [-0.4, -0.2) is 23.8 Å². The van der Waals surface area contributed by atoms with E-state index >= 15 is 0 Å². The van der Waals surface area contributed by atoms with Gasteiger partial charge in [0, 0.05) is 32.0 Å². The van der Waals surface area contributed by atoms with Gasteiger partial charge in [0.1, 0.15) is 17.5 Å². The van der Waals surface area contributed by atoms with Crippen molar-refractivity contribution >= 4 is 17.6 Å². The Morgan fingerprint density at radius 2 is 2.32 bits per heavy atom. The van der Waals surface area contributed by atoms with E-state index in [0.29, 0.717) is 6.54 Å². The lowest BCUT2D eigenvalue weighted by Crippen LogP contribution is -2.47. The lowest BCUT2D eigenvalue weighted by atomic mass is 10.0. The van der Waals surface area contributed by atoms with E-state index < -0.39 is 17.3 Å². The van der Waals surface area contributed by atoms with Crippen LogP contribution in [0.25, 0.3) is 5.57 Å². The zero-order chi connectivity index (χ0) is 16.5. The molecular weight excluding hydrogens is 295 g/mol. The minimum atomic E-state index is -4.69. The van der Waals surface area contributed by atoms with Crippen LogP contribution in [0, 0.1) is 16.7 Å². The van der Waals surface area contributed by atoms with E-state index in [2.05, 4.69) is 4.98 Å². The van der Waals surface area contributed by atoms with Gasteiger partial charge in [0.15, 0.2) is 0 Å². The molecule has 1 aliphatic rings. The summed E-state index contributed by atoms with van der Waals surface area (Å²) in [7, 11) is 0. The predicted molar refractivity (Wildman–Crippen MR) is 78.4 cm³/mol. The molecule has 2 heterocycles. The molecule has 0 spiro atoms. The van der Waals surface area contributed by atoms with Crippen LogP contribution in [0.1, 0.15) is 31.6 Å². The summed E-state index contributed by atoms with van der Waals surface area (Å²) in [6.07, 6.45) is -2.02. The fraction of sp³-hybridized carbons (Fsp3) is 0.357. The summed E-state index contributed by atoms with van der Waals surface area (Å²) in [5, 5.41) is 16.4. The van der Waals surface area contributed by atoms with Crippen LogP contribution in [0.2, 0.25) is 0 Å². The van der Waals surface area contributed by atoms with Gasteiger partial charge in [-0.25, -0.2) is 4.98 Å². The van der Waals surface area contributed by atoms with E-state index in [4.69, 9.17) is 16.4 Å². The molecule has 1 aromatic rings. The van der Waals surface area contributed by atoms with Crippen molar-refractivity contribution in [2.45, 2.75) is 25.6 Å². The standard InChI is InChI=1S/C14H14F3N5.H2/c1-8-2-3-22(8)13-10(7-20)11(14(15,16)17)4-12(21-13)9(5-18)6-19;/h4-6,8,18H,2-3,19H2,1H3;1H/b9-6+,18-5?;/t8-;/m0./s1. The van der Waals surface area contributed by atoms with Gasteiger partial charge in [-0.15, -0.1) is 0 Å². The molecule has 1 aliphatic heterocycles. The lowest BCUT2D eigenvalue weighted by Gasteiger charge is -2.40. The fourth-order valence-electron chi connectivity index (χ4n) is 2.26. The molecule has 1 atom stereocenters. The largest absolute Gasteiger partial charge is 0.417 e. The van der Waals surface area contributed by atoms with Crippen LogP contribution in [0.15, 0.2) is 12.3 Å². The summed E-state index contributed by atoms with van der Waals surface area (Å²) >= 11 is 0. The average molecular weight is 311 g/mol. The number of nitrogens with one attached hydrogen (secondary N) is 1. The summed E-state index contributed by atoms with van der Waals surface area (Å²) in [4.78, 5) is 5.78. The lowest BCUT2D eigenvalue weighted by molar-refractivity contribution is -0.137. The number of nitrogens with zero attached hydrogens (tertiary/aromatic N) is 3. The van der Waals surface area contributed by atoms with Gasteiger partial charge in [0.25, 0.3) is 0 Å². The Balaban J connectivity index is 0.00000264. The van der Waals surface area contributed by atoms with Gasteiger partial charge in [-0.3, -0.25) is 0 Å². The Bertz CT molecular complexity index is 678. The Morgan fingerprint density at radius 3 is 2.68 bits per heavy atom. The summed E-state index contributed by atoms with van der Waals surface area (Å²) in [5.74, 6) is -0.00715. The number of nitriles is 1. The van der Waals surface area contributed by atoms with Crippen LogP contribution in [-0.2, 0) is 6.18 Å². The molecule has 8 heteroatoms. The summed E-state index contributed by atoms with van der Waals surface area (Å²) < 4.78 is 39.7. The van der Waals surface area contributed by atoms with E-state index in [0.717, 1.165) is 24.9 Å².